The van der Waals surface area contributed by atoms with Gasteiger partial charge in [0.05, 0.1) is 11.3 Å². The van der Waals surface area contributed by atoms with Gasteiger partial charge in [0.2, 0.25) is 17.7 Å². The molecule has 9 nitrogen and oxygen atoms in total. The molecule has 1 heterocycles. The molecule has 4 amide bonds. The molecule has 1 aliphatic heterocycles. The van der Waals surface area contributed by atoms with E-state index in [0.29, 0.717) is 0 Å². The number of nitrogens with zero attached hydrogens (tertiary/aromatic N) is 1. The van der Waals surface area contributed by atoms with Gasteiger partial charge in [-0.1, -0.05) is 38.1 Å². The summed E-state index contributed by atoms with van der Waals surface area (Å²) >= 11 is 0. The van der Waals surface area contributed by atoms with Crippen LogP contribution in [0.3, 0.4) is 0 Å². The second-order valence-corrected chi connectivity index (χ2v) is 8.80. The molecule has 1 aliphatic rings. The molecule has 0 fully saturated rings. The average Bonchev–Trinajstić information content (AvgIpc) is 2.80. The Balaban J connectivity index is 2.06. The maximum absolute atomic E-state index is 13.5. The second-order valence-electron chi connectivity index (χ2n) is 8.80. The van der Waals surface area contributed by atoms with Gasteiger partial charge in [-0.2, -0.15) is 0 Å². The quantitative estimate of drug-likeness (QED) is 0.547. The van der Waals surface area contributed by atoms with Crippen LogP contribution in [0.25, 0.3) is 0 Å². The number of likely N-dealkylation sites (N-methyl/N-ethyl adjacent to an activating group) is 1. The van der Waals surface area contributed by atoms with Crippen LogP contribution >= 0.6 is 0 Å². The van der Waals surface area contributed by atoms with Gasteiger partial charge in [-0.05, 0) is 42.7 Å². The number of carbonyl (C=O) groups is 4. The highest BCUT2D eigenvalue weighted by atomic mass is 16.3. The summed E-state index contributed by atoms with van der Waals surface area (Å²) in [6.07, 6.45) is 0.165. The number of carbonyl (C=O) groups excluding carboxylic acids is 4. The van der Waals surface area contributed by atoms with Gasteiger partial charge >= 0.3 is 0 Å². The van der Waals surface area contributed by atoms with Crippen molar-refractivity contribution in [2.45, 2.75) is 45.3 Å². The number of anilines is 1. The summed E-state index contributed by atoms with van der Waals surface area (Å²) in [5.74, 6) is -2.10. The molecule has 3 atom stereocenters. The molecule has 0 spiro atoms. The Morgan fingerprint density at radius 1 is 0.941 bits per heavy atom. The monoisotopic (exact) mass is 466 g/mol. The Morgan fingerprint density at radius 2 is 1.59 bits per heavy atom. The summed E-state index contributed by atoms with van der Waals surface area (Å²) in [7, 11) is 1.52. The van der Waals surface area contributed by atoms with Crippen molar-refractivity contribution < 1.29 is 24.3 Å². The van der Waals surface area contributed by atoms with Crippen molar-refractivity contribution in [3.05, 3.63) is 59.7 Å². The first-order valence-corrected chi connectivity index (χ1v) is 11.1. The van der Waals surface area contributed by atoms with Crippen LogP contribution in [-0.4, -0.2) is 58.8 Å². The lowest BCUT2D eigenvalue weighted by Gasteiger charge is -2.32. The lowest BCUT2D eigenvalue weighted by Crippen LogP contribution is -2.57. The highest BCUT2D eigenvalue weighted by molar-refractivity contribution is 6.07. The topological polar surface area (TPSA) is 128 Å². The van der Waals surface area contributed by atoms with Crippen LogP contribution in [0, 0.1) is 5.92 Å². The highest BCUT2D eigenvalue weighted by Crippen LogP contribution is 2.20. The van der Waals surface area contributed by atoms with Crippen molar-refractivity contribution >= 4 is 29.3 Å². The summed E-state index contributed by atoms with van der Waals surface area (Å²) in [5, 5.41) is 17.7. The molecule has 34 heavy (non-hydrogen) atoms. The SMILES string of the molecule is CC(C)[C@@H]1NC(=O)[C@H](C)NC(=O)c2ccccc2NC(=O)[C@H](Cc2ccc(O)cc2)N(C)C1=O. The fourth-order valence-corrected chi connectivity index (χ4v) is 3.77. The number of phenolic OH excluding ortho intramolecular Hbond substituents is 1. The van der Waals surface area contributed by atoms with E-state index in [1.54, 1.807) is 50.2 Å². The number of rotatable bonds is 3. The van der Waals surface area contributed by atoms with Gasteiger partial charge in [-0.25, -0.2) is 0 Å². The lowest BCUT2D eigenvalue weighted by atomic mass is 9.99. The predicted molar refractivity (Wildman–Crippen MR) is 127 cm³/mol. The maximum Gasteiger partial charge on any atom is 0.254 e. The molecule has 0 saturated carbocycles. The van der Waals surface area contributed by atoms with Crippen LogP contribution < -0.4 is 16.0 Å². The van der Waals surface area contributed by atoms with Crippen molar-refractivity contribution in [2.24, 2.45) is 5.92 Å². The normalized spacial score (nSPS) is 22.0. The molecule has 2 aromatic rings. The molecule has 0 saturated heterocycles. The highest BCUT2D eigenvalue weighted by Gasteiger charge is 2.35. The van der Waals surface area contributed by atoms with E-state index < -0.39 is 41.8 Å². The van der Waals surface area contributed by atoms with E-state index >= 15 is 0 Å². The van der Waals surface area contributed by atoms with E-state index in [9.17, 15) is 24.3 Å². The van der Waals surface area contributed by atoms with Gasteiger partial charge in [0, 0.05) is 13.5 Å². The zero-order chi connectivity index (χ0) is 25.0. The Hall–Kier alpha value is -3.88. The third-order valence-electron chi connectivity index (χ3n) is 5.88. The minimum absolute atomic E-state index is 0.0872. The number of hydrogen-bond acceptors (Lipinski definition) is 5. The molecule has 2 aromatic carbocycles. The van der Waals surface area contributed by atoms with Gasteiger partial charge in [0.25, 0.3) is 5.91 Å². The van der Waals surface area contributed by atoms with E-state index in [1.807, 2.05) is 0 Å². The third kappa shape index (κ3) is 5.54. The molecule has 0 unspecified atom stereocenters. The summed E-state index contributed by atoms with van der Waals surface area (Å²) in [5.41, 5.74) is 1.20. The van der Waals surface area contributed by atoms with E-state index in [2.05, 4.69) is 16.0 Å². The lowest BCUT2D eigenvalue weighted by molar-refractivity contribution is -0.141. The molecule has 3 rings (SSSR count). The van der Waals surface area contributed by atoms with Crippen molar-refractivity contribution in [1.82, 2.24) is 15.5 Å². The van der Waals surface area contributed by atoms with Crippen molar-refractivity contribution in [3.63, 3.8) is 0 Å². The minimum Gasteiger partial charge on any atom is -0.508 e. The Kier molecular flexibility index (Phi) is 7.55. The fourth-order valence-electron chi connectivity index (χ4n) is 3.77. The minimum atomic E-state index is -0.940. The first kappa shape index (κ1) is 24.8. The van der Waals surface area contributed by atoms with Gasteiger partial charge in [-0.15, -0.1) is 0 Å². The largest absolute Gasteiger partial charge is 0.508 e. The van der Waals surface area contributed by atoms with Crippen LogP contribution in [0.2, 0.25) is 0 Å². The summed E-state index contributed by atoms with van der Waals surface area (Å²) in [6, 6.07) is 10.1. The Morgan fingerprint density at radius 3 is 2.24 bits per heavy atom. The molecule has 0 aliphatic carbocycles. The zero-order valence-electron chi connectivity index (χ0n) is 19.7. The van der Waals surface area contributed by atoms with E-state index in [0.717, 1.165) is 5.56 Å². The number of benzene rings is 2. The smallest absolute Gasteiger partial charge is 0.254 e. The molecule has 9 heteroatoms. The van der Waals surface area contributed by atoms with E-state index in [1.165, 1.54) is 31.0 Å². The number of aromatic hydroxyl groups is 1. The number of phenols is 1. The van der Waals surface area contributed by atoms with Gasteiger partial charge in [0.15, 0.2) is 0 Å². The predicted octanol–water partition coefficient (Wildman–Crippen LogP) is 1.67. The number of fused-ring (bicyclic) bond motifs is 1. The number of para-hydroxylation sites is 1. The Labute approximate surface area is 198 Å². The fraction of sp³-hybridized carbons (Fsp3) is 0.360. The van der Waals surface area contributed by atoms with Gasteiger partial charge < -0.3 is 26.0 Å². The maximum atomic E-state index is 13.5. The molecule has 4 N–H and O–H groups in total. The van der Waals surface area contributed by atoms with Gasteiger partial charge in [-0.3, -0.25) is 19.2 Å². The molecule has 0 aromatic heterocycles. The van der Waals surface area contributed by atoms with Crippen molar-refractivity contribution in [3.8, 4) is 5.75 Å². The number of amides is 4. The number of nitrogens with one attached hydrogen (secondary N) is 3. The van der Waals surface area contributed by atoms with Crippen LogP contribution in [0.1, 0.15) is 36.7 Å². The molecule has 0 radical (unpaired) electrons. The van der Waals surface area contributed by atoms with E-state index in [4.69, 9.17) is 0 Å². The molecule has 180 valence electrons. The second kappa shape index (κ2) is 10.4. The van der Waals surface area contributed by atoms with Crippen LogP contribution in [0.15, 0.2) is 48.5 Å². The molecular formula is C25H30N4O5. The number of hydrogen-bond donors (Lipinski definition) is 4. The molecule has 0 bridgehead atoms. The first-order chi connectivity index (χ1) is 16.1. The van der Waals surface area contributed by atoms with Crippen LogP contribution in [0.4, 0.5) is 5.69 Å². The van der Waals surface area contributed by atoms with E-state index in [-0.39, 0.29) is 29.3 Å². The molecular weight excluding hydrogens is 436 g/mol. The van der Waals surface area contributed by atoms with Crippen LogP contribution in [0.5, 0.6) is 5.75 Å². The van der Waals surface area contributed by atoms with Gasteiger partial charge in [0.1, 0.15) is 23.9 Å². The summed E-state index contributed by atoms with van der Waals surface area (Å²) < 4.78 is 0. The van der Waals surface area contributed by atoms with Crippen LogP contribution in [-0.2, 0) is 20.8 Å². The first-order valence-electron chi connectivity index (χ1n) is 11.1. The standard InChI is InChI=1S/C25H30N4O5/c1-14(2)21-25(34)29(4)20(13-16-9-11-17(30)12-10-16)24(33)27-19-8-6-5-7-18(19)23(32)26-15(3)22(31)28-21/h5-12,14-15,20-21,30H,13H2,1-4H3,(H,26,32)(H,27,33)(H,28,31)/t15-,20-,21-/m0/s1. The third-order valence-corrected chi connectivity index (χ3v) is 5.88. The summed E-state index contributed by atoms with van der Waals surface area (Å²) in [4.78, 5) is 53.9. The van der Waals surface area contributed by atoms with Crippen molar-refractivity contribution in [1.29, 1.82) is 0 Å². The average molecular weight is 467 g/mol. The zero-order valence-corrected chi connectivity index (χ0v) is 19.7. The Bertz CT molecular complexity index is 1080. The summed E-state index contributed by atoms with van der Waals surface area (Å²) in [6.45, 7) is 5.12. The van der Waals surface area contributed by atoms with Crippen molar-refractivity contribution in [2.75, 3.05) is 12.4 Å².